The molecule has 0 saturated heterocycles. The zero-order valence-electron chi connectivity index (χ0n) is 8.59. The Labute approximate surface area is 91.1 Å². The number of thiol groups is 1. The SMILES string of the molecule is Cc1cc(C#CCCS)cc(C)c1N. The van der Waals surface area contributed by atoms with Gasteiger partial charge in [-0.3, -0.25) is 0 Å². The van der Waals surface area contributed by atoms with Gasteiger partial charge in [-0.1, -0.05) is 11.8 Å². The summed E-state index contributed by atoms with van der Waals surface area (Å²) in [4.78, 5) is 0. The predicted octanol–water partition coefficient (Wildman–Crippen LogP) is 2.56. The minimum atomic E-state index is 0.805. The van der Waals surface area contributed by atoms with Gasteiger partial charge in [0.1, 0.15) is 0 Å². The van der Waals surface area contributed by atoms with Crippen molar-refractivity contribution in [2.75, 3.05) is 11.5 Å². The molecule has 0 fully saturated rings. The number of nitrogen functional groups attached to an aromatic ring is 1. The van der Waals surface area contributed by atoms with Crippen LogP contribution in [0.15, 0.2) is 12.1 Å². The molecule has 0 atom stereocenters. The molecule has 1 rings (SSSR count). The first kappa shape index (κ1) is 11.0. The zero-order valence-corrected chi connectivity index (χ0v) is 9.49. The molecule has 0 amide bonds. The lowest BCUT2D eigenvalue weighted by atomic mass is 10.1. The minimum absolute atomic E-state index is 0.805. The Hall–Kier alpha value is -1.07. The van der Waals surface area contributed by atoms with Gasteiger partial charge < -0.3 is 5.73 Å². The van der Waals surface area contributed by atoms with E-state index in [0.29, 0.717) is 0 Å². The molecule has 0 unspecified atom stereocenters. The molecular formula is C12H15NS. The Morgan fingerprint density at radius 2 is 1.86 bits per heavy atom. The molecule has 0 bridgehead atoms. The van der Waals surface area contributed by atoms with Crippen LogP contribution in [0.3, 0.4) is 0 Å². The fourth-order valence-corrected chi connectivity index (χ4v) is 1.38. The van der Waals surface area contributed by atoms with E-state index >= 15 is 0 Å². The van der Waals surface area contributed by atoms with Crippen LogP contribution in [0, 0.1) is 25.7 Å². The fraction of sp³-hybridized carbons (Fsp3) is 0.333. The quantitative estimate of drug-likeness (QED) is 0.411. The van der Waals surface area contributed by atoms with E-state index in [1.165, 1.54) is 0 Å². The van der Waals surface area contributed by atoms with Crippen LogP contribution in [-0.4, -0.2) is 5.75 Å². The highest BCUT2D eigenvalue weighted by molar-refractivity contribution is 7.80. The molecule has 1 aromatic carbocycles. The molecule has 0 saturated carbocycles. The van der Waals surface area contributed by atoms with E-state index in [9.17, 15) is 0 Å². The van der Waals surface area contributed by atoms with Gasteiger partial charge in [-0.2, -0.15) is 12.6 Å². The molecule has 14 heavy (non-hydrogen) atoms. The average molecular weight is 205 g/mol. The van der Waals surface area contributed by atoms with Crippen molar-refractivity contribution in [2.45, 2.75) is 20.3 Å². The lowest BCUT2D eigenvalue weighted by Crippen LogP contribution is -1.94. The first-order valence-electron chi connectivity index (χ1n) is 4.61. The summed E-state index contributed by atoms with van der Waals surface area (Å²) in [5, 5.41) is 0. The van der Waals surface area contributed by atoms with Gasteiger partial charge >= 0.3 is 0 Å². The average Bonchev–Trinajstić information content (AvgIpc) is 2.14. The number of benzene rings is 1. The summed E-state index contributed by atoms with van der Waals surface area (Å²) < 4.78 is 0. The molecule has 0 aromatic heterocycles. The van der Waals surface area contributed by atoms with E-state index in [1.807, 2.05) is 26.0 Å². The van der Waals surface area contributed by atoms with Crippen LogP contribution in [0.2, 0.25) is 0 Å². The molecule has 0 heterocycles. The van der Waals surface area contributed by atoms with Crippen molar-refractivity contribution in [3.8, 4) is 11.8 Å². The van der Waals surface area contributed by atoms with Crippen LogP contribution in [0.4, 0.5) is 5.69 Å². The first-order valence-corrected chi connectivity index (χ1v) is 5.25. The van der Waals surface area contributed by atoms with Crippen molar-refractivity contribution in [2.24, 2.45) is 0 Å². The van der Waals surface area contributed by atoms with Crippen LogP contribution in [0.5, 0.6) is 0 Å². The van der Waals surface area contributed by atoms with Crippen LogP contribution < -0.4 is 5.73 Å². The van der Waals surface area contributed by atoms with E-state index < -0.39 is 0 Å². The summed E-state index contributed by atoms with van der Waals surface area (Å²) in [5.74, 6) is 6.96. The topological polar surface area (TPSA) is 26.0 Å². The van der Waals surface area contributed by atoms with Crippen LogP contribution >= 0.6 is 12.6 Å². The van der Waals surface area contributed by atoms with E-state index in [2.05, 4.69) is 24.5 Å². The van der Waals surface area contributed by atoms with Crippen molar-refractivity contribution < 1.29 is 0 Å². The van der Waals surface area contributed by atoms with Crippen molar-refractivity contribution in [3.63, 3.8) is 0 Å². The Kier molecular flexibility index (Phi) is 3.91. The summed E-state index contributed by atoms with van der Waals surface area (Å²) in [5.41, 5.74) is 9.94. The van der Waals surface area contributed by atoms with Gasteiger partial charge in [-0.05, 0) is 37.1 Å². The number of nitrogens with two attached hydrogens (primary N) is 1. The third kappa shape index (κ3) is 2.71. The lowest BCUT2D eigenvalue weighted by Gasteiger charge is -2.04. The van der Waals surface area contributed by atoms with Crippen molar-refractivity contribution in [1.29, 1.82) is 0 Å². The molecule has 74 valence electrons. The molecule has 2 heteroatoms. The number of rotatable bonds is 1. The van der Waals surface area contributed by atoms with Crippen molar-refractivity contribution >= 4 is 18.3 Å². The Morgan fingerprint density at radius 1 is 1.29 bits per heavy atom. The molecule has 0 aliphatic heterocycles. The molecular weight excluding hydrogens is 190 g/mol. The zero-order chi connectivity index (χ0) is 10.6. The van der Waals surface area contributed by atoms with E-state index in [0.717, 1.165) is 34.6 Å². The van der Waals surface area contributed by atoms with Crippen LogP contribution in [-0.2, 0) is 0 Å². The van der Waals surface area contributed by atoms with Gasteiger partial charge in [-0.15, -0.1) is 0 Å². The van der Waals surface area contributed by atoms with Gasteiger partial charge in [0.15, 0.2) is 0 Å². The monoisotopic (exact) mass is 205 g/mol. The maximum atomic E-state index is 5.85. The van der Waals surface area contributed by atoms with Crippen LogP contribution in [0.1, 0.15) is 23.1 Å². The summed E-state index contributed by atoms with van der Waals surface area (Å²) >= 11 is 4.10. The third-order valence-corrected chi connectivity index (χ3v) is 2.29. The molecule has 0 spiro atoms. The summed E-state index contributed by atoms with van der Waals surface area (Å²) in [6, 6.07) is 4.04. The summed E-state index contributed by atoms with van der Waals surface area (Å²) in [6.07, 6.45) is 0.825. The highest BCUT2D eigenvalue weighted by Crippen LogP contribution is 2.17. The third-order valence-electron chi connectivity index (χ3n) is 2.06. The molecule has 2 N–H and O–H groups in total. The summed E-state index contributed by atoms with van der Waals surface area (Å²) in [6.45, 7) is 4.01. The van der Waals surface area contributed by atoms with Crippen molar-refractivity contribution in [3.05, 3.63) is 28.8 Å². The minimum Gasteiger partial charge on any atom is -0.398 e. The van der Waals surface area contributed by atoms with Crippen molar-refractivity contribution in [1.82, 2.24) is 0 Å². The Bertz CT molecular complexity index is 362. The molecule has 1 nitrogen and oxygen atoms in total. The number of hydrogen-bond donors (Lipinski definition) is 2. The molecule has 1 aromatic rings. The second-order valence-electron chi connectivity index (χ2n) is 3.30. The van der Waals surface area contributed by atoms with Gasteiger partial charge in [0.2, 0.25) is 0 Å². The van der Waals surface area contributed by atoms with Crippen LogP contribution in [0.25, 0.3) is 0 Å². The maximum absolute atomic E-state index is 5.85. The summed E-state index contributed by atoms with van der Waals surface area (Å²) in [7, 11) is 0. The smallest absolute Gasteiger partial charge is 0.0374 e. The number of hydrogen-bond acceptors (Lipinski definition) is 2. The molecule has 0 radical (unpaired) electrons. The Morgan fingerprint density at radius 3 is 2.36 bits per heavy atom. The largest absolute Gasteiger partial charge is 0.398 e. The van der Waals surface area contributed by atoms with Gasteiger partial charge in [0.05, 0.1) is 0 Å². The highest BCUT2D eigenvalue weighted by atomic mass is 32.1. The number of anilines is 1. The second kappa shape index (κ2) is 4.97. The van der Waals surface area contributed by atoms with Gasteiger partial charge in [0, 0.05) is 23.4 Å². The predicted molar refractivity (Wildman–Crippen MR) is 65.7 cm³/mol. The molecule has 0 aliphatic rings. The van der Waals surface area contributed by atoms with Gasteiger partial charge in [-0.25, -0.2) is 0 Å². The second-order valence-corrected chi connectivity index (χ2v) is 3.75. The Balaban J connectivity index is 2.97. The van der Waals surface area contributed by atoms with Gasteiger partial charge in [0.25, 0.3) is 0 Å². The maximum Gasteiger partial charge on any atom is 0.0374 e. The normalized spacial score (nSPS) is 9.36. The van der Waals surface area contributed by atoms with E-state index in [4.69, 9.17) is 5.73 Å². The van der Waals surface area contributed by atoms with E-state index in [1.54, 1.807) is 0 Å². The number of aryl methyl sites for hydroxylation is 2. The highest BCUT2D eigenvalue weighted by Gasteiger charge is 1.98. The fourth-order valence-electron chi connectivity index (χ4n) is 1.27. The first-order chi connectivity index (χ1) is 6.65. The lowest BCUT2D eigenvalue weighted by molar-refractivity contribution is 1.31. The molecule has 0 aliphatic carbocycles. The van der Waals surface area contributed by atoms with E-state index in [-0.39, 0.29) is 0 Å². The standard InChI is InChI=1S/C12H15NS/c1-9-7-11(5-3-4-6-14)8-10(2)12(9)13/h7-8,14H,4,6,13H2,1-2H3.